The van der Waals surface area contributed by atoms with Crippen molar-refractivity contribution in [3.8, 4) is 28.3 Å². The van der Waals surface area contributed by atoms with Crippen LogP contribution in [-0.2, 0) is 30.0 Å². The second kappa shape index (κ2) is 13.2. The van der Waals surface area contributed by atoms with E-state index >= 15 is 0 Å². The van der Waals surface area contributed by atoms with Gasteiger partial charge < -0.3 is 14.4 Å². The summed E-state index contributed by atoms with van der Waals surface area (Å²) in [6.45, 7) is 5.42. The zero-order chi connectivity index (χ0) is 31.3. The summed E-state index contributed by atoms with van der Waals surface area (Å²) < 4.78 is 7.54. The van der Waals surface area contributed by atoms with Gasteiger partial charge in [-0.05, 0) is 59.9 Å². The van der Waals surface area contributed by atoms with Gasteiger partial charge in [0.2, 0.25) is 5.82 Å². The minimum absolute atomic E-state index is 0.0985. The van der Waals surface area contributed by atoms with Gasteiger partial charge in [-0.15, -0.1) is 10.2 Å². The number of rotatable bonds is 12. The van der Waals surface area contributed by atoms with Crippen molar-refractivity contribution in [1.29, 1.82) is 0 Å². The van der Waals surface area contributed by atoms with Gasteiger partial charge in [-0.25, -0.2) is 14.6 Å². The maximum Gasteiger partial charge on any atom is 0.362 e. The van der Waals surface area contributed by atoms with Crippen molar-refractivity contribution < 1.29 is 29.9 Å². The zero-order valence-corrected chi connectivity index (χ0v) is 24.5. The molecule has 3 aromatic carbocycles. The van der Waals surface area contributed by atoms with Crippen molar-refractivity contribution >= 4 is 5.97 Å². The monoisotopic (exact) mass is 599 g/mol. The van der Waals surface area contributed by atoms with Crippen molar-refractivity contribution in [2.45, 2.75) is 52.4 Å². The average Bonchev–Trinajstić information content (AvgIpc) is 3.66. The van der Waals surface area contributed by atoms with Crippen LogP contribution in [0.25, 0.3) is 22.5 Å². The third-order valence-corrected chi connectivity index (χ3v) is 6.89. The molecule has 0 amide bonds. The number of esters is 1. The largest absolute Gasteiger partial charge is 0.422 e. The lowest BCUT2D eigenvalue weighted by atomic mass is 9.98. The molecule has 0 aliphatic carbocycles. The van der Waals surface area contributed by atoms with Gasteiger partial charge in [0.15, 0.2) is 5.69 Å². The smallest absolute Gasteiger partial charge is 0.362 e. The highest BCUT2D eigenvalue weighted by atomic mass is 17.1. The van der Waals surface area contributed by atoms with Crippen LogP contribution in [0.15, 0.2) is 72.8 Å². The molecule has 5 aromatic rings. The first kappa shape index (κ1) is 30.7. The fourth-order valence-electron chi connectivity index (χ4n) is 4.84. The average molecular weight is 600 g/mol. The maximum absolute atomic E-state index is 13.7. The lowest BCUT2D eigenvalue weighted by molar-refractivity contribution is -0.497. The number of H-pyrrole nitrogens is 1. The highest BCUT2D eigenvalue weighted by Gasteiger charge is 2.33. The van der Waals surface area contributed by atoms with E-state index in [1.807, 2.05) is 55.5 Å². The van der Waals surface area contributed by atoms with Gasteiger partial charge in [-0.3, -0.25) is 10.4 Å². The fraction of sp³-hybridized carbons (Fsp3) is 0.258. The molecule has 0 aliphatic rings. The SMILES string of the molecule is CCCc1nc(C(C)(C)O)c(C(=O)Oc2ccc(CON(O)O)cc2)n1Cc1ccc(-c2ccccc2-c2nn[nH]n2)cc1. The molecule has 0 spiro atoms. The number of aromatic amines is 1. The summed E-state index contributed by atoms with van der Waals surface area (Å²) in [7, 11) is 0. The predicted octanol–water partition coefficient (Wildman–Crippen LogP) is 4.69. The van der Waals surface area contributed by atoms with Gasteiger partial charge in [0, 0.05) is 18.5 Å². The maximum atomic E-state index is 13.7. The molecule has 0 saturated carbocycles. The summed E-state index contributed by atoms with van der Waals surface area (Å²) in [5, 5.41) is 42.6. The van der Waals surface area contributed by atoms with E-state index in [1.165, 1.54) is 0 Å². The van der Waals surface area contributed by atoms with Crippen LogP contribution in [0.4, 0.5) is 0 Å². The van der Waals surface area contributed by atoms with Crippen LogP contribution in [0.3, 0.4) is 0 Å². The number of hydrogen-bond donors (Lipinski definition) is 4. The molecular formula is C31H33N7O6. The van der Waals surface area contributed by atoms with Crippen LogP contribution in [0.2, 0.25) is 0 Å². The molecule has 0 bridgehead atoms. The van der Waals surface area contributed by atoms with Crippen molar-refractivity contribution in [3.05, 3.63) is 101 Å². The molecule has 0 saturated heterocycles. The Morgan fingerprint density at radius 1 is 0.977 bits per heavy atom. The van der Waals surface area contributed by atoms with Crippen LogP contribution in [0, 0.1) is 0 Å². The number of carbonyl (C=O) groups excluding carboxylic acids is 1. The molecule has 0 radical (unpaired) electrons. The topological polar surface area (TPSA) is 172 Å². The second-order valence-corrected chi connectivity index (χ2v) is 10.7. The van der Waals surface area contributed by atoms with Gasteiger partial charge in [0.25, 0.3) is 0 Å². The molecule has 0 atom stereocenters. The number of nitrogens with zero attached hydrogens (tertiary/aromatic N) is 6. The normalized spacial score (nSPS) is 11.7. The van der Waals surface area contributed by atoms with E-state index in [9.17, 15) is 9.90 Å². The van der Waals surface area contributed by atoms with Crippen molar-refractivity contribution in [3.63, 3.8) is 0 Å². The molecule has 5 rings (SSSR count). The first-order chi connectivity index (χ1) is 21.1. The summed E-state index contributed by atoms with van der Waals surface area (Å²) in [4.78, 5) is 23.0. The molecule has 0 fully saturated rings. The number of aryl methyl sites for hydroxylation is 1. The van der Waals surface area contributed by atoms with Crippen LogP contribution in [-0.4, -0.2) is 57.1 Å². The molecule has 0 unspecified atom stereocenters. The molecule has 13 nitrogen and oxygen atoms in total. The van der Waals surface area contributed by atoms with Crippen LogP contribution >= 0.6 is 0 Å². The van der Waals surface area contributed by atoms with Crippen molar-refractivity contribution in [1.82, 2.24) is 35.6 Å². The van der Waals surface area contributed by atoms with E-state index in [1.54, 1.807) is 42.7 Å². The first-order valence-corrected chi connectivity index (χ1v) is 14.0. The molecule has 228 valence electrons. The Morgan fingerprint density at radius 3 is 2.27 bits per heavy atom. The van der Waals surface area contributed by atoms with E-state index in [4.69, 9.17) is 20.1 Å². The van der Waals surface area contributed by atoms with Gasteiger partial charge in [-0.1, -0.05) is 67.6 Å². The summed E-state index contributed by atoms with van der Waals surface area (Å²) in [6.07, 6.45) is 1.37. The number of aromatic nitrogens is 6. The van der Waals surface area contributed by atoms with Crippen molar-refractivity contribution in [2.24, 2.45) is 0 Å². The molecule has 0 aliphatic heterocycles. The number of imidazole rings is 1. The van der Waals surface area contributed by atoms with Crippen LogP contribution in [0.5, 0.6) is 5.75 Å². The minimum atomic E-state index is -1.41. The van der Waals surface area contributed by atoms with Crippen LogP contribution < -0.4 is 4.74 Å². The predicted molar refractivity (Wildman–Crippen MR) is 157 cm³/mol. The summed E-state index contributed by atoms with van der Waals surface area (Å²) >= 11 is 0. The number of aliphatic hydroxyl groups is 1. The molecule has 13 heteroatoms. The second-order valence-electron chi connectivity index (χ2n) is 10.7. The summed E-state index contributed by atoms with van der Waals surface area (Å²) in [6, 6.07) is 22.1. The first-order valence-electron chi connectivity index (χ1n) is 14.0. The standard InChI is InChI=1S/C31H33N7O6/c1-4-7-26-32-28(31(2,3)40)27(30(39)44-23-16-12-21(13-17-23)19-43-38(41)42)37(26)18-20-10-14-22(15-11-20)24-8-5-6-9-25(24)29-33-35-36-34-29/h5-6,8-17,40-42H,4,7,18-19H2,1-3H3,(H,33,34,35,36). The van der Waals surface area contributed by atoms with Crippen LogP contribution in [0.1, 0.15) is 60.3 Å². The van der Waals surface area contributed by atoms with Crippen molar-refractivity contribution in [2.75, 3.05) is 0 Å². The molecule has 2 heterocycles. The number of benzene rings is 3. The number of hydrogen-bond acceptors (Lipinski definition) is 11. The van der Waals surface area contributed by atoms with Gasteiger partial charge in [0.05, 0.1) is 12.0 Å². The molecule has 4 N–H and O–H groups in total. The minimum Gasteiger partial charge on any atom is -0.422 e. The fourth-order valence-corrected chi connectivity index (χ4v) is 4.84. The highest BCUT2D eigenvalue weighted by molar-refractivity contribution is 5.91. The van der Waals surface area contributed by atoms with Gasteiger partial charge in [0.1, 0.15) is 22.9 Å². The number of carbonyl (C=O) groups is 1. The summed E-state index contributed by atoms with van der Waals surface area (Å²) in [5.41, 5.74) is 3.28. The summed E-state index contributed by atoms with van der Waals surface area (Å²) in [5.74, 6) is 0.760. The molecule has 44 heavy (non-hydrogen) atoms. The molecular weight excluding hydrogens is 566 g/mol. The van der Waals surface area contributed by atoms with Gasteiger partial charge >= 0.3 is 5.97 Å². The Morgan fingerprint density at radius 2 is 1.66 bits per heavy atom. The Kier molecular flexibility index (Phi) is 9.23. The quantitative estimate of drug-likeness (QED) is 0.0890. The number of tetrazole rings is 1. The van der Waals surface area contributed by atoms with E-state index in [0.717, 1.165) is 28.7 Å². The Bertz CT molecular complexity index is 1690. The van der Waals surface area contributed by atoms with E-state index < -0.39 is 11.6 Å². The third-order valence-electron chi connectivity index (χ3n) is 6.89. The molecule has 2 aromatic heterocycles. The van der Waals surface area contributed by atoms with Gasteiger partial charge in [-0.2, -0.15) is 5.21 Å². The lowest BCUT2D eigenvalue weighted by Gasteiger charge is -2.18. The Hall–Kier alpha value is -4.79. The lowest BCUT2D eigenvalue weighted by Crippen LogP contribution is -2.24. The Balaban J connectivity index is 1.45. The third kappa shape index (κ3) is 7.05. The number of ether oxygens (including phenoxy) is 1. The Labute approximate surface area is 253 Å². The highest BCUT2D eigenvalue weighted by Crippen LogP contribution is 2.31. The number of nitrogens with one attached hydrogen (secondary N) is 1. The van der Waals surface area contributed by atoms with E-state index in [-0.39, 0.29) is 29.1 Å². The zero-order valence-electron chi connectivity index (χ0n) is 24.5. The van der Waals surface area contributed by atoms with E-state index in [0.29, 0.717) is 30.2 Å². The van der Waals surface area contributed by atoms with E-state index in [2.05, 4.69) is 25.5 Å².